The number of imide groups is 2. The second-order valence-electron chi connectivity index (χ2n) is 11.3. The first-order valence-corrected chi connectivity index (χ1v) is 14.7. The second-order valence-corrected chi connectivity index (χ2v) is 12.6. The number of likely N-dealkylation sites (tertiary alicyclic amines) is 1. The molecule has 1 saturated carbocycles. The summed E-state index contributed by atoms with van der Waals surface area (Å²) in [7, 11) is 2.73. The Kier molecular flexibility index (Phi) is 7.01. The van der Waals surface area contributed by atoms with Gasteiger partial charge in [0, 0.05) is 30.2 Å². The topological polar surface area (TPSA) is 113 Å². The molecule has 3 fully saturated rings. The smallest absolute Gasteiger partial charge is 0.258 e. The number of methoxy groups -OCH3 is 2. The molecule has 0 spiro atoms. The number of hydrogen-bond acceptors (Lipinski definition) is 7. The van der Waals surface area contributed by atoms with Gasteiger partial charge in [-0.05, 0) is 49.4 Å². The monoisotopic (exact) mass is 630 g/mol. The number of nitrogens with zero attached hydrogens (tertiary/aromatic N) is 2. The maximum absolute atomic E-state index is 14.5. The number of alkyl halides is 2. The van der Waals surface area contributed by atoms with Crippen LogP contribution < -0.4 is 14.4 Å². The molecule has 0 aromatic heterocycles. The van der Waals surface area contributed by atoms with Crippen molar-refractivity contribution in [3.8, 4) is 17.2 Å². The Labute approximate surface area is 257 Å². The third-order valence-electron chi connectivity index (χ3n) is 9.25. The molecule has 0 bridgehead atoms. The Balaban J connectivity index is 1.61. The van der Waals surface area contributed by atoms with E-state index in [1.54, 1.807) is 0 Å². The van der Waals surface area contributed by atoms with Gasteiger partial charge in [0.05, 0.1) is 31.7 Å². The van der Waals surface area contributed by atoms with Gasteiger partial charge in [-0.2, -0.15) is 0 Å². The van der Waals surface area contributed by atoms with Gasteiger partial charge in [0.15, 0.2) is 9.75 Å². The fourth-order valence-corrected chi connectivity index (χ4v) is 8.35. The van der Waals surface area contributed by atoms with Crippen LogP contribution >= 0.6 is 23.2 Å². The Hall–Kier alpha value is -3.63. The van der Waals surface area contributed by atoms with Crippen molar-refractivity contribution in [3.05, 3.63) is 59.4 Å². The summed E-state index contributed by atoms with van der Waals surface area (Å²) in [6.07, 6.45) is 2.40. The first kappa shape index (κ1) is 29.4. The number of fused-ring (bicyclic) bond motifs is 4. The van der Waals surface area contributed by atoms with Crippen molar-refractivity contribution >= 4 is 52.5 Å². The highest BCUT2D eigenvalue weighted by molar-refractivity contribution is 6.58. The van der Waals surface area contributed by atoms with Crippen LogP contribution in [0, 0.1) is 23.6 Å². The maximum atomic E-state index is 14.5. The van der Waals surface area contributed by atoms with E-state index in [1.807, 2.05) is 13.0 Å². The normalized spacial score (nSPS) is 31.5. The van der Waals surface area contributed by atoms with Gasteiger partial charge in [-0.1, -0.05) is 18.6 Å². The molecule has 226 valence electrons. The van der Waals surface area contributed by atoms with Crippen LogP contribution in [0.1, 0.15) is 37.7 Å². The van der Waals surface area contributed by atoms with Gasteiger partial charge in [-0.15, -0.1) is 23.2 Å². The van der Waals surface area contributed by atoms with Crippen LogP contribution in [-0.4, -0.2) is 64.1 Å². The lowest BCUT2D eigenvalue weighted by Gasteiger charge is -2.51. The number of hydrogen-bond donors (Lipinski definition) is 1. The molecule has 6 atom stereocenters. The van der Waals surface area contributed by atoms with Gasteiger partial charge in [-0.25, -0.2) is 9.29 Å². The number of rotatable bonds is 6. The van der Waals surface area contributed by atoms with Crippen molar-refractivity contribution in [1.29, 1.82) is 0 Å². The second kappa shape index (κ2) is 10.2. The Morgan fingerprint density at radius 2 is 1.60 bits per heavy atom. The first-order chi connectivity index (χ1) is 20.4. The minimum atomic E-state index is -2.17. The van der Waals surface area contributed by atoms with E-state index in [-0.39, 0.29) is 59.7 Å². The first-order valence-electron chi connectivity index (χ1n) is 14.0. The molecule has 0 radical (unpaired) electrons. The molecular formula is C31H29Cl2FN2O7. The summed E-state index contributed by atoms with van der Waals surface area (Å²) in [6, 6.07) is 7.45. The third-order valence-corrected chi connectivity index (χ3v) is 10.7. The number of aromatic hydroxyl groups is 1. The summed E-state index contributed by atoms with van der Waals surface area (Å²) in [5.41, 5.74) is 0.878. The van der Waals surface area contributed by atoms with Crippen molar-refractivity contribution in [1.82, 2.24) is 4.90 Å². The summed E-state index contributed by atoms with van der Waals surface area (Å²) >= 11 is 14.8. The van der Waals surface area contributed by atoms with Crippen LogP contribution in [0.25, 0.3) is 0 Å². The molecule has 4 amide bonds. The van der Waals surface area contributed by atoms with Gasteiger partial charge in [-0.3, -0.25) is 24.1 Å². The van der Waals surface area contributed by atoms with Crippen LogP contribution in [-0.2, 0) is 19.2 Å². The molecule has 2 saturated heterocycles. The Bertz CT molecular complexity index is 1570. The standard InChI is InChI=1S/C31H29Cl2FN2O7/c1-4-11-35-26(38)19-10-9-18-20(23(19)27(35)39)14-30(32)28(40)36(16-7-5-15(34)6-8-16)29(41)31(30,33)25(18)24-21(42-2)12-17(37)13-22(24)43-3/h5-9,12-13,19-20,23,25,37H,4,10-11,14H2,1-3H3/t19-,20+,23-,25+,30+,31-/m0/s1. The predicted octanol–water partition coefficient (Wildman–Crippen LogP) is 4.52. The molecule has 2 heterocycles. The van der Waals surface area contributed by atoms with Gasteiger partial charge in [0.2, 0.25) is 11.8 Å². The number of carbonyl (C=O) groups excluding carboxylic acids is 4. The van der Waals surface area contributed by atoms with E-state index in [9.17, 15) is 28.7 Å². The largest absolute Gasteiger partial charge is 0.508 e. The minimum absolute atomic E-state index is 0.0744. The molecule has 9 nitrogen and oxygen atoms in total. The Morgan fingerprint density at radius 3 is 2.19 bits per heavy atom. The highest BCUT2D eigenvalue weighted by Gasteiger charge is 2.77. The van der Waals surface area contributed by atoms with Crippen LogP contribution in [0.2, 0.25) is 0 Å². The average Bonchev–Trinajstić information content (AvgIpc) is 3.31. The van der Waals surface area contributed by atoms with E-state index in [2.05, 4.69) is 0 Å². The number of phenolic OH excluding ortho intramolecular Hbond substituents is 1. The van der Waals surface area contributed by atoms with Crippen molar-refractivity contribution in [2.75, 3.05) is 25.7 Å². The lowest BCUT2D eigenvalue weighted by atomic mass is 9.56. The average molecular weight is 631 g/mol. The predicted molar refractivity (Wildman–Crippen MR) is 155 cm³/mol. The fraction of sp³-hybridized carbons (Fsp3) is 0.419. The van der Waals surface area contributed by atoms with Crippen LogP contribution in [0.5, 0.6) is 17.2 Å². The van der Waals surface area contributed by atoms with Crippen molar-refractivity contribution in [2.24, 2.45) is 17.8 Å². The summed E-state index contributed by atoms with van der Waals surface area (Å²) in [5.74, 6) is -6.22. The van der Waals surface area contributed by atoms with Gasteiger partial charge < -0.3 is 14.6 Å². The molecule has 2 aromatic rings. The zero-order chi connectivity index (χ0) is 31.0. The number of ether oxygens (including phenoxy) is 2. The number of anilines is 1. The van der Waals surface area contributed by atoms with Crippen molar-refractivity contribution in [3.63, 3.8) is 0 Å². The highest BCUT2D eigenvalue weighted by Crippen LogP contribution is 2.67. The van der Waals surface area contributed by atoms with Crippen LogP contribution in [0.4, 0.5) is 10.1 Å². The van der Waals surface area contributed by atoms with Crippen molar-refractivity contribution < 1.29 is 38.1 Å². The molecule has 12 heteroatoms. The molecule has 2 aliphatic carbocycles. The minimum Gasteiger partial charge on any atom is -0.508 e. The summed E-state index contributed by atoms with van der Waals surface area (Å²) in [6.45, 7) is 2.13. The number of benzene rings is 2. The number of phenols is 1. The van der Waals surface area contributed by atoms with Crippen molar-refractivity contribution in [2.45, 2.75) is 41.9 Å². The zero-order valence-corrected chi connectivity index (χ0v) is 25.1. The van der Waals surface area contributed by atoms with Gasteiger partial charge in [0.25, 0.3) is 11.8 Å². The van der Waals surface area contributed by atoms with Crippen LogP contribution in [0.15, 0.2) is 48.0 Å². The molecule has 4 aliphatic rings. The molecular weight excluding hydrogens is 602 g/mol. The van der Waals surface area contributed by atoms with E-state index in [0.717, 1.165) is 17.0 Å². The summed E-state index contributed by atoms with van der Waals surface area (Å²) < 4.78 is 25.1. The summed E-state index contributed by atoms with van der Waals surface area (Å²) in [4.78, 5) is 53.8. The SMILES string of the molecule is CCCN1C(=O)[C@H]2[C@H](CC=C3[C@H]2C[C@@]2(Cl)C(=O)N(c4ccc(F)cc4)C(=O)[C@@]2(Cl)[C@H]3c2c(OC)cc(O)cc2OC)C1=O. The van der Waals surface area contributed by atoms with E-state index in [1.165, 1.54) is 43.4 Å². The Morgan fingerprint density at radius 1 is 0.977 bits per heavy atom. The maximum Gasteiger partial charge on any atom is 0.258 e. The van der Waals surface area contributed by atoms with E-state index >= 15 is 0 Å². The highest BCUT2D eigenvalue weighted by atomic mass is 35.5. The molecule has 6 rings (SSSR count). The third kappa shape index (κ3) is 3.88. The van der Waals surface area contributed by atoms with E-state index < -0.39 is 51.1 Å². The lowest BCUT2D eigenvalue weighted by molar-refractivity contribution is -0.140. The fourth-order valence-electron chi connectivity index (χ4n) is 7.43. The molecule has 43 heavy (non-hydrogen) atoms. The molecule has 1 N–H and O–H groups in total. The van der Waals surface area contributed by atoms with E-state index in [4.69, 9.17) is 32.7 Å². The van der Waals surface area contributed by atoms with E-state index in [0.29, 0.717) is 12.0 Å². The van der Waals surface area contributed by atoms with Crippen LogP contribution in [0.3, 0.4) is 0 Å². The number of amides is 4. The summed E-state index contributed by atoms with van der Waals surface area (Å²) in [5, 5.41) is 10.4. The lowest BCUT2D eigenvalue weighted by Crippen LogP contribution is -2.60. The number of carbonyl (C=O) groups is 4. The molecule has 2 aromatic carbocycles. The molecule has 0 unspecified atom stereocenters. The zero-order valence-electron chi connectivity index (χ0n) is 23.6. The molecule has 2 aliphatic heterocycles. The van der Waals surface area contributed by atoms with Gasteiger partial charge >= 0.3 is 0 Å². The van der Waals surface area contributed by atoms with Gasteiger partial charge in [0.1, 0.15) is 23.1 Å². The quantitative estimate of drug-likeness (QED) is 0.284. The number of allylic oxidation sites excluding steroid dienone is 2. The number of halogens is 3.